The van der Waals surface area contributed by atoms with E-state index < -0.39 is 0 Å². The fourth-order valence-electron chi connectivity index (χ4n) is 2.24. The molecule has 0 spiro atoms. The number of benzene rings is 1. The van der Waals surface area contributed by atoms with E-state index in [9.17, 15) is 4.79 Å². The zero-order valence-electron chi connectivity index (χ0n) is 10.9. The highest BCUT2D eigenvalue weighted by Crippen LogP contribution is 2.20. The quantitative estimate of drug-likeness (QED) is 0.831. The number of carbonyl (C=O) groups excluding carboxylic acids is 1. The normalized spacial score (nSPS) is 19.1. The Hall–Kier alpha value is -1.55. The van der Waals surface area contributed by atoms with E-state index in [2.05, 4.69) is 36.5 Å². The first kappa shape index (κ1) is 12.9. The number of urea groups is 1. The Kier molecular flexibility index (Phi) is 4.20. The molecule has 2 amide bonds. The molecule has 1 atom stereocenters. The van der Waals surface area contributed by atoms with Gasteiger partial charge in [-0.1, -0.05) is 31.2 Å². The van der Waals surface area contributed by atoms with Gasteiger partial charge < -0.3 is 16.0 Å². The van der Waals surface area contributed by atoms with Gasteiger partial charge >= 0.3 is 6.03 Å². The standard InChI is InChI=1S/C14H21N3O/c1-2-11-4-6-12(7-5-11)13-10-17(9-3-8-15)14(18)16-13/h4-7,13H,2-3,8-10,15H2,1H3,(H,16,18). The van der Waals surface area contributed by atoms with Gasteiger partial charge in [-0.15, -0.1) is 0 Å². The molecule has 2 rings (SSSR count). The molecule has 1 aromatic rings. The number of carbonyl (C=O) groups is 1. The molecule has 18 heavy (non-hydrogen) atoms. The van der Waals surface area contributed by atoms with Crippen LogP contribution in [-0.4, -0.2) is 30.6 Å². The molecule has 0 aliphatic carbocycles. The Balaban J connectivity index is 2.00. The molecule has 0 saturated carbocycles. The third kappa shape index (κ3) is 2.82. The predicted octanol–water partition coefficient (Wildman–Crippen LogP) is 1.66. The number of nitrogens with one attached hydrogen (secondary N) is 1. The molecule has 98 valence electrons. The number of aryl methyl sites for hydroxylation is 1. The average Bonchev–Trinajstić information content (AvgIpc) is 2.78. The van der Waals surface area contributed by atoms with Gasteiger partial charge in [-0.3, -0.25) is 0 Å². The lowest BCUT2D eigenvalue weighted by atomic mass is 10.0. The summed E-state index contributed by atoms with van der Waals surface area (Å²) in [5, 5.41) is 3.01. The van der Waals surface area contributed by atoms with E-state index >= 15 is 0 Å². The van der Waals surface area contributed by atoms with E-state index in [0.717, 1.165) is 25.9 Å². The summed E-state index contributed by atoms with van der Waals surface area (Å²) in [5.74, 6) is 0. The molecule has 0 radical (unpaired) electrons. The average molecular weight is 247 g/mol. The van der Waals surface area contributed by atoms with Gasteiger partial charge in [-0.25, -0.2) is 4.79 Å². The summed E-state index contributed by atoms with van der Waals surface area (Å²) in [5.41, 5.74) is 7.97. The molecule has 1 saturated heterocycles. The minimum absolute atomic E-state index is 0.0213. The van der Waals surface area contributed by atoms with Gasteiger partial charge in [-0.05, 0) is 30.5 Å². The van der Waals surface area contributed by atoms with Crippen molar-refractivity contribution < 1.29 is 4.79 Å². The molecule has 0 aromatic heterocycles. The second-order valence-corrected chi connectivity index (χ2v) is 4.69. The number of nitrogens with two attached hydrogens (primary N) is 1. The molecule has 1 aromatic carbocycles. The molecule has 4 heteroatoms. The highest BCUT2D eigenvalue weighted by molar-refractivity contribution is 5.77. The third-order valence-electron chi connectivity index (χ3n) is 3.41. The Bertz CT molecular complexity index is 402. The zero-order chi connectivity index (χ0) is 13.0. The largest absolute Gasteiger partial charge is 0.330 e. The number of amides is 2. The van der Waals surface area contributed by atoms with Crippen LogP contribution in [-0.2, 0) is 6.42 Å². The van der Waals surface area contributed by atoms with Crippen molar-refractivity contribution in [3.63, 3.8) is 0 Å². The summed E-state index contributed by atoms with van der Waals surface area (Å²) in [6.45, 7) is 4.25. The topological polar surface area (TPSA) is 58.4 Å². The lowest BCUT2D eigenvalue weighted by Crippen LogP contribution is -2.30. The lowest BCUT2D eigenvalue weighted by molar-refractivity contribution is 0.217. The lowest BCUT2D eigenvalue weighted by Gasteiger charge is -2.14. The number of nitrogens with zero attached hydrogens (tertiary/aromatic N) is 1. The van der Waals surface area contributed by atoms with E-state index in [0.29, 0.717) is 6.54 Å². The molecular weight excluding hydrogens is 226 g/mol. The Morgan fingerprint density at radius 3 is 2.72 bits per heavy atom. The minimum atomic E-state index is 0.0213. The summed E-state index contributed by atoms with van der Waals surface area (Å²) in [4.78, 5) is 13.6. The summed E-state index contributed by atoms with van der Waals surface area (Å²) in [7, 11) is 0. The molecule has 3 N–H and O–H groups in total. The molecule has 0 bridgehead atoms. The van der Waals surface area contributed by atoms with Gasteiger partial charge in [0.25, 0.3) is 0 Å². The zero-order valence-corrected chi connectivity index (χ0v) is 10.9. The maximum absolute atomic E-state index is 11.8. The summed E-state index contributed by atoms with van der Waals surface area (Å²) >= 11 is 0. The van der Waals surface area contributed by atoms with E-state index in [-0.39, 0.29) is 12.1 Å². The van der Waals surface area contributed by atoms with Crippen molar-refractivity contribution in [2.24, 2.45) is 5.73 Å². The Labute approximate surface area is 108 Å². The van der Waals surface area contributed by atoms with Crippen LogP contribution in [0.25, 0.3) is 0 Å². The van der Waals surface area contributed by atoms with Crippen molar-refractivity contribution in [2.45, 2.75) is 25.8 Å². The SMILES string of the molecule is CCc1ccc(C2CN(CCCN)C(=O)N2)cc1. The van der Waals surface area contributed by atoms with Gasteiger partial charge in [0.2, 0.25) is 0 Å². The maximum Gasteiger partial charge on any atom is 0.318 e. The van der Waals surface area contributed by atoms with Crippen molar-refractivity contribution in [1.29, 1.82) is 0 Å². The van der Waals surface area contributed by atoms with Crippen LogP contribution < -0.4 is 11.1 Å². The smallest absolute Gasteiger partial charge is 0.318 e. The van der Waals surface area contributed by atoms with E-state index in [1.54, 1.807) is 0 Å². The van der Waals surface area contributed by atoms with Crippen LogP contribution in [0.1, 0.15) is 30.5 Å². The van der Waals surface area contributed by atoms with Crippen LogP contribution in [0.4, 0.5) is 4.79 Å². The monoisotopic (exact) mass is 247 g/mol. The van der Waals surface area contributed by atoms with Crippen molar-refractivity contribution in [1.82, 2.24) is 10.2 Å². The second kappa shape index (κ2) is 5.87. The van der Waals surface area contributed by atoms with Crippen LogP contribution in [0.5, 0.6) is 0 Å². The first-order valence-corrected chi connectivity index (χ1v) is 6.59. The highest BCUT2D eigenvalue weighted by atomic mass is 16.2. The number of hydrogen-bond donors (Lipinski definition) is 2. The van der Waals surface area contributed by atoms with Crippen molar-refractivity contribution in [2.75, 3.05) is 19.6 Å². The Morgan fingerprint density at radius 2 is 2.11 bits per heavy atom. The molecular formula is C14H21N3O. The fourth-order valence-corrected chi connectivity index (χ4v) is 2.24. The van der Waals surface area contributed by atoms with E-state index in [4.69, 9.17) is 5.73 Å². The minimum Gasteiger partial charge on any atom is -0.330 e. The predicted molar refractivity (Wildman–Crippen MR) is 72.3 cm³/mol. The molecule has 4 nitrogen and oxygen atoms in total. The second-order valence-electron chi connectivity index (χ2n) is 4.69. The van der Waals surface area contributed by atoms with Crippen molar-refractivity contribution in [3.05, 3.63) is 35.4 Å². The van der Waals surface area contributed by atoms with Gasteiger partial charge in [0.15, 0.2) is 0 Å². The van der Waals surface area contributed by atoms with Crippen LogP contribution in [0.3, 0.4) is 0 Å². The van der Waals surface area contributed by atoms with Gasteiger partial charge in [0.1, 0.15) is 0 Å². The van der Waals surface area contributed by atoms with E-state index in [1.165, 1.54) is 11.1 Å². The summed E-state index contributed by atoms with van der Waals surface area (Å²) in [6, 6.07) is 8.61. The van der Waals surface area contributed by atoms with E-state index in [1.807, 2.05) is 4.90 Å². The van der Waals surface area contributed by atoms with Crippen LogP contribution in [0.2, 0.25) is 0 Å². The summed E-state index contributed by atoms with van der Waals surface area (Å²) in [6.07, 6.45) is 1.90. The molecule has 1 heterocycles. The number of rotatable bonds is 5. The van der Waals surface area contributed by atoms with Crippen molar-refractivity contribution >= 4 is 6.03 Å². The highest BCUT2D eigenvalue weighted by Gasteiger charge is 2.28. The molecule has 1 aliphatic rings. The van der Waals surface area contributed by atoms with Crippen LogP contribution in [0, 0.1) is 0 Å². The first-order chi connectivity index (χ1) is 8.74. The Morgan fingerprint density at radius 1 is 1.39 bits per heavy atom. The molecule has 1 fully saturated rings. The maximum atomic E-state index is 11.8. The number of hydrogen-bond acceptors (Lipinski definition) is 2. The van der Waals surface area contributed by atoms with Gasteiger partial charge in [0, 0.05) is 13.1 Å². The molecule has 1 aliphatic heterocycles. The summed E-state index contributed by atoms with van der Waals surface area (Å²) < 4.78 is 0. The van der Waals surface area contributed by atoms with Gasteiger partial charge in [0.05, 0.1) is 6.04 Å². The molecule has 1 unspecified atom stereocenters. The van der Waals surface area contributed by atoms with Crippen LogP contribution >= 0.6 is 0 Å². The van der Waals surface area contributed by atoms with Crippen LogP contribution in [0.15, 0.2) is 24.3 Å². The van der Waals surface area contributed by atoms with Crippen molar-refractivity contribution in [3.8, 4) is 0 Å². The third-order valence-corrected chi connectivity index (χ3v) is 3.41. The first-order valence-electron chi connectivity index (χ1n) is 6.59. The fraction of sp³-hybridized carbons (Fsp3) is 0.500. The van der Waals surface area contributed by atoms with Gasteiger partial charge in [-0.2, -0.15) is 0 Å².